The molecule has 28 heavy (non-hydrogen) atoms. The van der Waals surface area contributed by atoms with Crippen molar-refractivity contribution < 1.29 is 4.39 Å². The van der Waals surface area contributed by atoms with Gasteiger partial charge in [0.2, 0.25) is 0 Å². The molecule has 0 bridgehead atoms. The van der Waals surface area contributed by atoms with Crippen molar-refractivity contribution in [3.63, 3.8) is 0 Å². The van der Waals surface area contributed by atoms with Crippen LogP contribution in [-0.2, 0) is 0 Å². The van der Waals surface area contributed by atoms with Crippen LogP contribution in [0.3, 0.4) is 0 Å². The van der Waals surface area contributed by atoms with Gasteiger partial charge in [0.05, 0.1) is 6.20 Å². The average molecular weight is 379 g/mol. The lowest BCUT2D eigenvalue weighted by Crippen LogP contribution is -2.53. The number of pyridine rings is 1. The van der Waals surface area contributed by atoms with E-state index < -0.39 is 0 Å². The number of nitrogens with zero attached hydrogens (tertiary/aromatic N) is 7. The summed E-state index contributed by atoms with van der Waals surface area (Å²) in [6, 6.07) is 7.95. The van der Waals surface area contributed by atoms with Gasteiger partial charge in [-0.15, -0.1) is 10.2 Å². The molecule has 0 atom stereocenters. The van der Waals surface area contributed by atoms with E-state index in [9.17, 15) is 9.18 Å². The van der Waals surface area contributed by atoms with Gasteiger partial charge < -0.3 is 9.91 Å². The van der Waals surface area contributed by atoms with Crippen LogP contribution in [0, 0.1) is 5.82 Å². The number of aromatic nitrogens is 5. The summed E-state index contributed by atoms with van der Waals surface area (Å²) in [4.78, 5) is 15.2. The molecule has 8 nitrogen and oxygen atoms in total. The zero-order valence-corrected chi connectivity index (χ0v) is 15.3. The smallest absolute Gasteiger partial charge is 0.298 e. The van der Waals surface area contributed by atoms with E-state index >= 15 is 0 Å². The monoisotopic (exact) mass is 379 g/mol. The molecular weight excluding hydrogens is 361 g/mol. The Bertz CT molecular complexity index is 1220. The molecule has 0 saturated carbocycles. The molecule has 0 unspecified atom stereocenters. The molecule has 142 valence electrons. The first kappa shape index (κ1) is 16.8. The van der Waals surface area contributed by atoms with Gasteiger partial charge in [-0.1, -0.05) is 12.1 Å². The minimum Gasteiger partial charge on any atom is -0.307 e. The molecule has 4 aromatic rings. The Labute approximate surface area is 159 Å². The van der Waals surface area contributed by atoms with Crippen molar-refractivity contribution in [2.24, 2.45) is 0 Å². The van der Waals surface area contributed by atoms with Crippen molar-refractivity contribution in [3.8, 4) is 11.1 Å². The zero-order chi connectivity index (χ0) is 19.3. The van der Waals surface area contributed by atoms with Crippen LogP contribution in [-0.4, -0.2) is 62.6 Å². The summed E-state index contributed by atoms with van der Waals surface area (Å²) in [5.74, 6) is -0.304. The van der Waals surface area contributed by atoms with E-state index in [-0.39, 0.29) is 16.9 Å². The highest BCUT2D eigenvalue weighted by molar-refractivity contribution is 5.82. The minimum absolute atomic E-state index is 0.213. The number of hydrogen-bond acceptors (Lipinski definition) is 6. The molecule has 1 aromatic carbocycles. The predicted octanol–water partition coefficient (Wildman–Crippen LogP) is 1.13. The summed E-state index contributed by atoms with van der Waals surface area (Å²) in [6.07, 6.45) is 3.42. The fourth-order valence-corrected chi connectivity index (χ4v) is 3.55. The van der Waals surface area contributed by atoms with Gasteiger partial charge in [-0.05, 0) is 30.8 Å². The SMILES string of the molecule is CN1CCN(n2ccc3c(nnc4c(-c5ccc(F)cc5)cnn43)c2=O)CC1. The molecule has 0 N–H and O–H groups in total. The molecule has 0 spiro atoms. The van der Waals surface area contributed by atoms with Crippen LogP contribution in [0.15, 0.2) is 47.5 Å². The highest BCUT2D eigenvalue weighted by atomic mass is 19.1. The third kappa shape index (κ3) is 2.63. The Morgan fingerprint density at radius 1 is 1.00 bits per heavy atom. The number of hydrogen-bond donors (Lipinski definition) is 0. The number of likely N-dealkylation sites (N-methyl/N-ethyl adjacent to an activating group) is 1. The Hall–Kier alpha value is -3.33. The third-order valence-corrected chi connectivity index (χ3v) is 5.18. The topological polar surface area (TPSA) is 71.6 Å². The molecule has 0 amide bonds. The summed E-state index contributed by atoms with van der Waals surface area (Å²) in [7, 11) is 2.07. The van der Waals surface area contributed by atoms with Gasteiger partial charge >= 0.3 is 0 Å². The van der Waals surface area contributed by atoms with Crippen molar-refractivity contribution in [2.45, 2.75) is 0 Å². The minimum atomic E-state index is -0.304. The van der Waals surface area contributed by atoms with Gasteiger partial charge in [0, 0.05) is 37.9 Å². The zero-order valence-electron chi connectivity index (χ0n) is 15.3. The standard InChI is InChI=1S/C19H18FN7O/c1-24-8-10-25(11-9-24)26-7-6-16-17(19(26)28)22-23-18-15(12-21-27(16)18)13-2-4-14(20)5-3-13/h2-7,12H,8-11H2,1H3. The molecule has 0 radical (unpaired) electrons. The van der Waals surface area contributed by atoms with E-state index in [1.165, 1.54) is 12.1 Å². The molecule has 9 heteroatoms. The van der Waals surface area contributed by atoms with Crippen LogP contribution < -0.4 is 10.6 Å². The highest BCUT2D eigenvalue weighted by Gasteiger charge is 2.18. The first-order valence-electron chi connectivity index (χ1n) is 9.07. The molecule has 1 aliphatic rings. The first-order chi connectivity index (χ1) is 13.6. The fourth-order valence-electron chi connectivity index (χ4n) is 3.55. The third-order valence-electron chi connectivity index (χ3n) is 5.18. The molecule has 4 heterocycles. The highest BCUT2D eigenvalue weighted by Crippen LogP contribution is 2.24. The predicted molar refractivity (Wildman–Crippen MR) is 103 cm³/mol. The van der Waals surface area contributed by atoms with Crippen molar-refractivity contribution in [1.82, 2.24) is 29.4 Å². The fraction of sp³-hybridized carbons (Fsp3) is 0.263. The summed E-state index contributed by atoms with van der Waals surface area (Å²) in [5.41, 5.74) is 2.69. The van der Waals surface area contributed by atoms with Gasteiger partial charge in [-0.25, -0.2) is 13.6 Å². The van der Waals surface area contributed by atoms with Crippen molar-refractivity contribution in [2.75, 3.05) is 38.2 Å². The van der Waals surface area contributed by atoms with Crippen LogP contribution >= 0.6 is 0 Å². The Morgan fingerprint density at radius 2 is 1.75 bits per heavy atom. The van der Waals surface area contributed by atoms with E-state index in [2.05, 4.69) is 27.2 Å². The summed E-state index contributed by atoms with van der Waals surface area (Å²) in [5, 5.41) is 14.8. The molecule has 1 saturated heterocycles. The molecule has 1 aliphatic heterocycles. The maximum Gasteiger partial charge on any atom is 0.298 e. The lowest BCUT2D eigenvalue weighted by atomic mass is 10.1. The maximum absolute atomic E-state index is 13.2. The van der Waals surface area contributed by atoms with Crippen LogP contribution in [0.25, 0.3) is 27.8 Å². The number of benzene rings is 1. The molecule has 1 fully saturated rings. The van der Waals surface area contributed by atoms with E-state index in [1.54, 1.807) is 33.7 Å². The second-order valence-corrected chi connectivity index (χ2v) is 6.96. The number of halogens is 1. The summed E-state index contributed by atoms with van der Waals surface area (Å²) < 4.78 is 16.4. The van der Waals surface area contributed by atoms with Gasteiger partial charge in [0.1, 0.15) is 11.3 Å². The van der Waals surface area contributed by atoms with E-state index in [1.807, 2.05) is 11.1 Å². The van der Waals surface area contributed by atoms with Gasteiger partial charge in [-0.2, -0.15) is 5.10 Å². The van der Waals surface area contributed by atoms with Crippen molar-refractivity contribution in [3.05, 3.63) is 58.9 Å². The van der Waals surface area contributed by atoms with Crippen LogP contribution in [0.4, 0.5) is 4.39 Å². The van der Waals surface area contributed by atoms with Crippen LogP contribution in [0.1, 0.15) is 0 Å². The first-order valence-corrected chi connectivity index (χ1v) is 9.07. The van der Waals surface area contributed by atoms with Crippen LogP contribution in [0.2, 0.25) is 0 Å². The second-order valence-electron chi connectivity index (χ2n) is 6.96. The number of piperazine rings is 1. The summed E-state index contributed by atoms with van der Waals surface area (Å²) in [6.45, 7) is 3.34. The molecule has 3 aromatic heterocycles. The molecule has 0 aliphatic carbocycles. The normalized spacial score (nSPS) is 15.6. The van der Waals surface area contributed by atoms with Crippen LogP contribution in [0.5, 0.6) is 0 Å². The summed E-state index contributed by atoms with van der Waals surface area (Å²) >= 11 is 0. The quantitative estimate of drug-likeness (QED) is 0.520. The number of fused-ring (bicyclic) bond motifs is 3. The second kappa shape index (κ2) is 6.38. The maximum atomic E-state index is 13.2. The van der Waals surface area contributed by atoms with E-state index in [0.29, 0.717) is 11.2 Å². The number of rotatable bonds is 2. The van der Waals surface area contributed by atoms with Gasteiger partial charge in [0.15, 0.2) is 11.2 Å². The average Bonchev–Trinajstić information content (AvgIpc) is 3.14. The largest absolute Gasteiger partial charge is 0.307 e. The van der Waals surface area contributed by atoms with Crippen molar-refractivity contribution >= 4 is 16.7 Å². The Balaban J connectivity index is 1.62. The Kier molecular flexibility index (Phi) is 3.83. The molecular formula is C19H18FN7O. The van der Waals surface area contributed by atoms with Crippen molar-refractivity contribution in [1.29, 1.82) is 0 Å². The Morgan fingerprint density at radius 3 is 2.50 bits per heavy atom. The van der Waals surface area contributed by atoms with Gasteiger partial charge in [-0.3, -0.25) is 4.79 Å². The van der Waals surface area contributed by atoms with Gasteiger partial charge in [0.25, 0.3) is 5.56 Å². The van der Waals surface area contributed by atoms with E-state index in [0.717, 1.165) is 37.3 Å². The lowest BCUT2D eigenvalue weighted by Gasteiger charge is -2.34. The van der Waals surface area contributed by atoms with E-state index in [4.69, 9.17) is 0 Å². The lowest BCUT2D eigenvalue weighted by molar-refractivity contribution is 0.286. The molecule has 5 rings (SSSR count).